The Labute approximate surface area is 873 Å². The Morgan fingerprint density at radius 3 is 0.864 bits per heavy atom. The van der Waals surface area contributed by atoms with Gasteiger partial charge in [-0.2, -0.15) is 0 Å². The van der Waals surface area contributed by atoms with Gasteiger partial charge in [-0.05, 0) is 471 Å². The molecule has 814 valence electrons. The molecule has 6 heterocycles. The van der Waals surface area contributed by atoms with Crippen molar-refractivity contribution in [2.75, 3.05) is 39.6 Å². The minimum absolute atomic E-state index is 0.0000652. The first-order chi connectivity index (χ1) is 69.5. The van der Waals surface area contributed by atoms with Crippen molar-refractivity contribution in [1.82, 2.24) is 0 Å². The van der Waals surface area contributed by atoms with E-state index < -0.39 is 16.2 Å². The summed E-state index contributed by atoms with van der Waals surface area (Å²) >= 11 is 0. The summed E-state index contributed by atoms with van der Waals surface area (Å²) in [6, 6.07) is 0. The maximum Gasteiger partial charge on any atom is 0.312 e. The third-order valence-electron chi connectivity index (χ3n) is 51.0. The summed E-state index contributed by atoms with van der Waals surface area (Å²) in [6.07, 6.45) is 33.9. The Hall–Kier alpha value is -6.36. The van der Waals surface area contributed by atoms with Crippen molar-refractivity contribution >= 4 is 71.6 Å². The predicted molar refractivity (Wildman–Crippen MR) is 539 cm³/mol. The first-order valence-corrected chi connectivity index (χ1v) is 59.8. The second-order valence-corrected chi connectivity index (χ2v) is 59.1. The Balaban J connectivity index is 0.0000000973. The molecule has 0 N–H and O–H groups in total. The summed E-state index contributed by atoms with van der Waals surface area (Å²) in [4.78, 5) is 148. The van der Waals surface area contributed by atoms with Crippen LogP contribution < -0.4 is 0 Å². The van der Waals surface area contributed by atoms with Gasteiger partial charge in [0.05, 0.1) is 108 Å². The normalized spacial score (nSPS) is 48.8. The highest BCUT2D eigenvalue weighted by Crippen LogP contribution is 2.81. The van der Waals surface area contributed by atoms with Gasteiger partial charge in [0.15, 0.2) is 0 Å². The molecule has 6 aliphatic heterocycles. The first-order valence-electron chi connectivity index (χ1n) is 59.8. The van der Waals surface area contributed by atoms with Crippen molar-refractivity contribution < 1.29 is 114 Å². The van der Waals surface area contributed by atoms with Gasteiger partial charge in [-0.1, -0.05) is 55.4 Å². The standard InChI is InChI=1S/C22H32O4.4C21H30O4.C17H26O4/c1-5-21(3,4)20(24)26-19-11(2)13-7-14(19)18-15-6-12(17(13)18)8-22(15)9-16(23)25-10-22;1-4-20(2,3)19(23)25-15-7-11-5-13(15)17-12-6-14(18(11)17)21(8-12)9-16(22)24-10-21;1-4-20(2,3)19(23)25-15-7-11-5-13(15)18-14-6-12(17(11)18)8-21(14)9-16(22)24-10-21;1-4-20(2,3)18(22)25-15-9-11-7-13(15)16-12-8-14(17(11)16)21(10-12)5-6-24-19(21)23;1-4-20(2,3)18(22)25-15-9-11-7-13(15)17-14-8-12(16(11)17)10-21(14)5-6-24-19(21)23;1-5-16(3,4)14(18)21-13-10(2)11-8-12(13)17(9-11)6-7-20-15(17)19/h11-15,17-19H,5-10H2,1-4H3;2*11-15,17-18H,4-10H2,1-3H3;2*11-17H,4-10H2,1-3H3;10-13H,5-9H2,1-4H3. The van der Waals surface area contributed by atoms with E-state index in [2.05, 4.69) is 34.6 Å². The summed E-state index contributed by atoms with van der Waals surface area (Å²) in [6.45, 7) is 44.1. The molecule has 28 rings (SSSR count). The highest BCUT2D eigenvalue weighted by molar-refractivity contribution is 5.83. The molecule has 22 saturated carbocycles. The third-order valence-corrected chi connectivity index (χ3v) is 51.0. The molecule has 0 aromatic carbocycles. The van der Waals surface area contributed by atoms with Gasteiger partial charge in [-0.3, -0.25) is 57.5 Å². The number of rotatable bonds is 18. The van der Waals surface area contributed by atoms with Crippen molar-refractivity contribution in [2.24, 2.45) is 266 Å². The fraction of sp³-hybridized carbons (Fsp3) is 0.902. The molecule has 6 spiro atoms. The molecule has 24 heteroatoms. The molecule has 22 aliphatic carbocycles. The molecule has 0 aromatic heterocycles. The van der Waals surface area contributed by atoms with Crippen LogP contribution in [-0.4, -0.2) is 148 Å². The predicted octanol–water partition coefficient (Wildman–Crippen LogP) is 21.1. The van der Waals surface area contributed by atoms with E-state index in [4.69, 9.17) is 56.8 Å². The van der Waals surface area contributed by atoms with Gasteiger partial charge in [-0.15, -0.1) is 0 Å². The monoisotopic (exact) mass is 2040 g/mol. The fourth-order valence-corrected chi connectivity index (χ4v) is 41.8. The summed E-state index contributed by atoms with van der Waals surface area (Å²) in [5.41, 5.74) is -2.71. The average Bonchev–Trinajstić information content (AvgIpc) is 1.51. The number of carbonyl (C=O) groups excluding carboxylic acids is 12. The van der Waals surface area contributed by atoms with Crippen LogP contribution in [0, 0.1) is 266 Å². The molecule has 46 atom stereocenters. The Kier molecular flexibility index (Phi) is 25.5. The van der Waals surface area contributed by atoms with E-state index in [1.807, 2.05) is 104 Å². The lowest BCUT2D eigenvalue weighted by Crippen LogP contribution is -2.48. The van der Waals surface area contributed by atoms with Crippen molar-refractivity contribution in [2.45, 2.75) is 387 Å². The van der Waals surface area contributed by atoms with Gasteiger partial charge in [0, 0.05) is 22.2 Å². The van der Waals surface area contributed by atoms with E-state index in [0.717, 1.165) is 169 Å². The molecule has 147 heavy (non-hydrogen) atoms. The fourth-order valence-electron chi connectivity index (χ4n) is 41.8. The van der Waals surface area contributed by atoms with Gasteiger partial charge in [0.2, 0.25) is 0 Å². The van der Waals surface area contributed by atoms with Gasteiger partial charge in [0.25, 0.3) is 0 Å². The summed E-state index contributed by atoms with van der Waals surface area (Å²) in [7, 11) is 0. The topological polar surface area (TPSA) is 316 Å². The quantitative estimate of drug-likeness (QED) is 0.0699. The van der Waals surface area contributed by atoms with Gasteiger partial charge in [0.1, 0.15) is 36.6 Å². The number of carbonyl (C=O) groups is 12. The zero-order chi connectivity index (χ0) is 104. The van der Waals surface area contributed by atoms with Crippen LogP contribution in [0.15, 0.2) is 0 Å². The molecular formula is C123H178O24. The zero-order valence-electron chi connectivity index (χ0n) is 92.5. The largest absolute Gasteiger partial charge is 0.465 e. The number of hydrogen-bond donors (Lipinski definition) is 0. The molecule has 46 unspecified atom stereocenters. The molecule has 0 aromatic rings. The van der Waals surface area contributed by atoms with E-state index in [9.17, 15) is 57.5 Å². The van der Waals surface area contributed by atoms with Crippen molar-refractivity contribution in [3.63, 3.8) is 0 Å². The molecule has 22 bridgehead atoms. The molecule has 0 amide bonds. The Bertz CT molecular complexity index is 5250. The Morgan fingerprint density at radius 1 is 0.259 bits per heavy atom. The lowest BCUT2D eigenvalue weighted by atomic mass is 9.58. The van der Waals surface area contributed by atoms with E-state index in [1.165, 1.54) is 77.0 Å². The molecule has 28 aliphatic rings. The maximum absolute atomic E-state index is 12.7. The number of hydrogen-bond acceptors (Lipinski definition) is 24. The summed E-state index contributed by atoms with van der Waals surface area (Å²) < 4.78 is 68.4. The van der Waals surface area contributed by atoms with Crippen molar-refractivity contribution in [3.05, 3.63) is 0 Å². The van der Waals surface area contributed by atoms with E-state index >= 15 is 0 Å². The van der Waals surface area contributed by atoms with Gasteiger partial charge in [-0.25, -0.2) is 0 Å². The van der Waals surface area contributed by atoms with E-state index in [0.29, 0.717) is 201 Å². The third kappa shape index (κ3) is 15.8. The number of ether oxygens (including phenoxy) is 12. The molecular weight excluding hydrogens is 1860 g/mol. The van der Waals surface area contributed by atoms with E-state index in [-0.39, 0.29) is 163 Å². The molecule has 0 radical (unpaired) electrons. The average molecular weight is 2040 g/mol. The summed E-state index contributed by atoms with van der Waals surface area (Å²) in [5.74, 6) is 21.1. The lowest BCUT2D eigenvalue weighted by Gasteiger charge is -2.47. The maximum atomic E-state index is 12.7. The first kappa shape index (κ1) is 104. The summed E-state index contributed by atoms with van der Waals surface area (Å²) in [5, 5.41) is 0. The van der Waals surface area contributed by atoms with Crippen LogP contribution in [0.3, 0.4) is 0 Å². The van der Waals surface area contributed by atoms with Gasteiger partial charge < -0.3 is 56.8 Å². The van der Waals surface area contributed by atoms with E-state index in [1.54, 1.807) is 0 Å². The second-order valence-electron chi connectivity index (χ2n) is 59.1. The number of fused-ring (bicyclic) bond motifs is 53. The van der Waals surface area contributed by atoms with Crippen LogP contribution >= 0.6 is 0 Å². The molecule has 24 nitrogen and oxygen atoms in total. The van der Waals surface area contributed by atoms with Crippen LogP contribution in [0.25, 0.3) is 0 Å². The Morgan fingerprint density at radius 2 is 0.524 bits per heavy atom. The molecule has 28 fully saturated rings. The SMILES string of the molecule is CCC(C)(C)C(=O)OC1C(C)C2CC1C1(CCOC1=O)C2.CCC(C)(C)C(=O)OC1C(C)C2CC1C1C2C2CC1C1(COC(=O)C1)C2.CCC(C)(C)C(=O)OC1CC2CC1C1C2C2CC1C1(CCOC1=O)C2.CCC(C)(C)C(=O)OC1CC2CC1C1C2C2CC1C1(COC(=O)C1)C2.CCC(C)(C)C(=O)OC1CC2CC1C1C3CC(C21)C1(CCOC1=O)C3.CCC(C)(C)C(=O)OC1CC2CC1C1C3CC(C21)C1(COC(=O)C1)C3. The minimum atomic E-state index is -0.453. The number of cyclic esters (lactones) is 6. The van der Waals surface area contributed by atoms with Gasteiger partial charge >= 0.3 is 71.6 Å². The minimum Gasteiger partial charge on any atom is -0.465 e. The number of esters is 12. The van der Waals surface area contributed by atoms with Crippen molar-refractivity contribution in [1.29, 1.82) is 0 Å². The highest BCUT2D eigenvalue weighted by atomic mass is 16.6. The van der Waals surface area contributed by atoms with Crippen molar-refractivity contribution in [3.8, 4) is 0 Å². The smallest absolute Gasteiger partial charge is 0.312 e. The highest BCUT2D eigenvalue weighted by Gasteiger charge is 2.79. The van der Waals surface area contributed by atoms with Crippen LogP contribution in [0.4, 0.5) is 0 Å². The lowest BCUT2D eigenvalue weighted by molar-refractivity contribution is -0.173. The van der Waals surface area contributed by atoms with Crippen LogP contribution in [-0.2, 0) is 114 Å². The van der Waals surface area contributed by atoms with Crippen LogP contribution in [0.5, 0.6) is 0 Å². The van der Waals surface area contributed by atoms with Crippen LogP contribution in [0.2, 0.25) is 0 Å². The molecule has 6 saturated heterocycles. The zero-order valence-corrected chi connectivity index (χ0v) is 92.5. The van der Waals surface area contributed by atoms with Crippen LogP contribution in [0.1, 0.15) is 350 Å². The second kappa shape index (κ2) is 36.1.